The van der Waals surface area contributed by atoms with Gasteiger partial charge in [-0.3, -0.25) is 0 Å². The zero-order chi connectivity index (χ0) is 13.2. The van der Waals surface area contributed by atoms with Gasteiger partial charge < -0.3 is 5.11 Å². The highest BCUT2D eigenvalue weighted by molar-refractivity contribution is 7.91. The lowest BCUT2D eigenvalue weighted by molar-refractivity contribution is 0.0692. The molecule has 0 radical (unpaired) electrons. The molecule has 7 heteroatoms. The molecule has 0 fully saturated rings. The molecule has 4 nitrogen and oxygen atoms in total. The van der Waals surface area contributed by atoms with E-state index in [-0.39, 0.29) is 0 Å². The molecule has 1 aromatic carbocycles. The number of aryl methyl sites for hydroxylation is 1. The summed E-state index contributed by atoms with van der Waals surface area (Å²) in [7, 11) is -4.89. The maximum Gasteiger partial charge on any atom is 0.341 e. The minimum Gasteiger partial charge on any atom is -0.478 e. The van der Waals surface area contributed by atoms with Gasteiger partial charge in [0.05, 0.1) is 10.5 Å². The molecule has 0 aliphatic heterocycles. The van der Waals surface area contributed by atoms with Crippen LogP contribution in [0.15, 0.2) is 23.1 Å². The maximum absolute atomic E-state index is 12.3. The molecule has 0 heterocycles. The second kappa shape index (κ2) is 4.79. The number of carboxylic acid groups (broad SMARTS) is 1. The number of hydrogen-bond acceptors (Lipinski definition) is 3. The van der Waals surface area contributed by atoms with Crippen molar-refractivity contribution in [2.45, 2.75) is 24.0 Å². The van der Waals surface area contributed by atoms with Crippen molar-refractivity contribution in [3.8, 4) is 0 Å². The van der Waals surface area contributed by atoms with Crippen molar-refractivity contribution >= 4 is 15.8 Å². The van der Waals surface area contributed by atoms with Gasteiger partial charge in [-0.2, -0.15) is 8.78 Å². The highest BCUT2D eigenvalue weighted by Crippen LogP contribution is 2.23. The normalized spacial score (nSPS) is 11.8. The number of benzene rings is 1. The Balaban J connectivity index is 3.50. The molecule has 1 aromatic rings. The van der Waals surface area contributed by atoms with Crippen molar-refractivity contribution in [3.63, 3.8) is 0 Å². The van der Waals surface area contributed by atoms with Gasteiger partial charge in [-0.1, -0.05) is 13.0 Å². The number of rotatable bonds is 4. The number of aromatic carboxylic acids is 1. The molecule has 0 aliphatic carbocycles. The standard InChI is InChI=1S/C10H10F2O4S/c1-2-6-3-4-8(7(5-6)9(13)14)17(15,16)10(11)12/h3-5,10H,2H2,1H3,(H,13,14). The molecule has 0 bridgehead atoms. The van der Waals surface area contributed by atoms with Gasteiger partial charge in [-0.15, -0.1) is 0 Å². The Morgan fingerprint density at radius 1 is 1.41 bits per heavy atom. The molecule has 0 aliphatic rings. The fourth-order valence-corrected chi connectivity index (χ4v) is 2.21. The Bertz CT molecular complexity index is 537. The number of sulfone groups is 1. The zero-order valence-electron chi connectivity index (χ0n) is 8.85. The SMILES string of the molecule is CCc1ccc(S(=O)(=O)C(F)F)c(C(=O)O)c1. The summed E-state index contributed by atoms with van der Waals surface area (Å²) in [4.78, 5) is 10.0. The van der Waals surface area contributed by atoms with Crippen LogP contribution in [-0.2, 0) is 16.3 Å². The molecular weight excluding hydrogens is 254 g/mol. The summed E-state index contributed by atoms with van der Waals surface area (Å²) in [6, 6.07) is 3.32. The summed E-state index contributed by atoms with van der Waals surface area (Å²) in [5, 5.41) is 8.82. The second-order valence-electron chi connectivity index (χ2n) is 3.29. The number of hydrogen-bond donors (Lipinski definition) is 1. The fourth-order valence-electron chi connectivity index (χ4n) is 1.31. The number of carbonyl (C=O) groups is 1. The average molecular weight is 264 g/mol. The van der Waals surface area contributed by atoms with Gasteiger partial charge in [0, 0.05) is 0 Å². The minimum absolute atomic E-state index is 0.481. The van der Waals surface area contributed by atoms with E-state index < -0.39 is 32.0 Å². The third kappa shape index (κ3) is 2.60. The summed E-state index contributed by atoms with van der Waals surface area (Å²) in [5.41, 5.74) is -0.0553. The van der Waals surface area contributed by atoms with Crippen LogP contribution in [0, 0.1) is 0 Å². The van der Waals surface area contributed by atoms with Crippen LogP contribution in [0.1, 0.15) is 22.8 Å². The minimum atomic E-state index is -4.89. The Kier molecular flexibility index (Phi) is 3.82. The van der Waals surface area contributed by atoms with Crippen molar-refractivity contribution in [2.75, 3.05) is 0 Å². The highest BCUT2D eigenvalue weighted by atomic mass is 32.2. The van der Waals surface area contributed by atoms with Gasteiger partial charge >= 0.3 is 11.7 Å². The first kappa shape index (κ1) is 13.6. The van der Waals surface area contributed by atoms with Crippen LogP contribution >= 0.6 is 0 Å². The summed E-state index contributed by atoms with van der Waals surface area (Å²) >= 11 is 0. The van der Waals surface area contributed by atoms with E-state index in [1.165, 1.54) is 6.07 Å². The third-order valence-corrected chi connectivity index (χ3v) is 3.66. The van der Waals surface area contributed by atoms with E-state index in [1.807, 2.05) is 0 Å². The lowest BCUT2D eigenvalue weighted by atomic mass is 10.1. The molecule has 0 saturated carbocycles. The molecule has 94 valence electrons. The first-order chi connectivity index (χ1) is 7.80. The Hall–Kier alpha value is -1.50. The predicted octanol–water partition coefficient (Wildman–Crippen LogP) is 1.94. The molecular formula is C10H10F2O4S. The van der Waals surface area contributed by atoms with E-state index in [0.717, 1.165) is 12.1 Å². The highest BCUT2D eigenvalue weighted by Gasteiger charge is 2.31. The number of carboxylic acids is 1. The van der Waals surface area contributed by atoms with E-state index in [4.69, 9.17) is 5.11 Å². The van der Waals surface area contributed by atoms with Gasteiger partial charge in [0.25, 0.3) is 0 Å². The van der Waals surface area contributed by atoms with Gasteiger partial charge in [-0.25, -0.2) is 13.2 Å². The van der Waals surface area contributed by atoms with E-state index in [2.05, 4.69) is 0 Å². The van der Waals surface area contributed by atoms with Crippen molar-refractivity contribution in [1.29, 1.82) is 0 Å². The topological polar surface area (TPSA) is 71.4 Å². The van der Waals surface area contributed by atoms with Crippen molar-refractivity contribution < 1.29 is 27.1 Å². The molecule has 1 rings (SSSR count). The molecule has 1 N–H and O–H groups in total. The lowest BCUT2D eigenvalue weighted by Crippen LogP contribution is -2.16. The lowest BCUT2D eigenvalue weighted by Gasteiger charge is -2.08. The van der Waals surface area contributed by atoms with E-state index in [1.54, 1.807) is 6.92 Å². The predicted molar refractivity (Wildman–Crippen MR) is 56.0 cm³/mol. The molecule has 0 saturated heterocycles. The monoisotopic (exact) mass is 264 g/mol. The molecule has 0 amide bonds. The second-order valence-corrected chi connectivity index (χ2v) is 5.18. The summed E-state index contributed by atoms with van der Waals surface area (Å²) in [6.07, 6.45) is 0.481. The van der Waals surface area contributed by atoms with E-state index in [0.29, 0.717) is 12.0 Å². The Morgan fingerprint density at radius 2 is 2.00 bits per heavy atom. The van der Waals surface area contributed by atoms with E-state index in [9.17, 15) is 22.0 Å². The average Bonchev–Trinajstić information content (AvgIpc) is 2.27. The van der Waals surface area contributed by atoms with Crippen LogP contribution in [0.2, 0.25) is 0 Å². The molecule has 0 unspecified atom stereocenters. The Morgan fingerprint density at radius 3 is 2.41 bits per heavy atom. The van der Waals surface area contributed by atoms with Crippen LogP contribution in [-0.4, -0.2) is 25.3 Å². The molecule has 0 atom stereocenters. The van der Waals surface area contributed by atoms with E-state index >= 15 is 0 Å². The van der Waals surface area contributed by atoms with Crippen LogP contribution in [0.25, 0.3) is 0 Å². The van der Waals surface area contributed by atoms with Crippen LogP contribution in [0.5, 0.6) is 0 Å². The van der Waals surface area contributed by atoms with Crippen LogP contribution in [0.3, 0.4) is 0 Å². The number of alkyl halides is 2. The van der Waals surface area contributed by atoms with Crippen LogP contribution in [0.4, 0.5) is 8.78 Å². The first-order valence-corrected chi connectivity index (χ1v) is 6.23. The summed E-state index contributed by atoms with van der Waals surface area (Å²) in [6.45, 7) is 1.74. The zero-order valence-corrected chi connectivity index (χ0v) is 9.67. The van der Waals surface area contributed by atoms with Gasteiger partial charge in [0.2, 0.25) is 9.84 Å². The third-order valence-electron chi connectivity index (χ3n) is 2.22. The summed E-state index contributed by atoms with van der Waals surface area (Å²) in [5.74, 6) is -5.17. The van der Waals surface area contributed by atoms with Crippen molar-refractivity contribution in [1.82, 2.24) is 0 Å². The maximum atomic E-state index is 12.3. The van der Waals surface area contributed by atoms with Gasteiger partial charge in [0.1, 0.15) is 0 Å². The molecule has 17 heavy (non-hydrogen) atoms. The van der Waals surface area contributed by atoms with Crippen LogP contribution < -0.4 is 0 Å². The fraction of sp³-hybridized carbons (Fsp3) is 0.300. The van der Waals surface area contributed by atoms with Crippen molar-refractivity contribution in [3.05, 3.63) is 29.3 Å². The quantitative estimate of drug-likeness (QED) is 0.902. The molecule has 0 aromatic heterocycles. The first-order valence-electron chi connectivity index (χ1n) is 4.69. The smallest absolute Gasteiger partial charge is 0.341 e. The van der Waals surface area contributed by atoms with Gasteiger partial charge in [0.15, 0.2) is 0 Å². The number of halogens is 2. The summed E-state index contributed by atoms with van der Waals surface area (Å²) < 4.78 is 47.2. The van der Waals surface area contributed by atoms with Gasteiger partial charge in [-0.05, 0) is 24.1 Å². The molecule has 0 spiro atoms. The Labute approximate surface area is 96.8 Å². The van der Waals surface area contributed by atoms with Crippen molar-refractivity contribution in [2.24, 2.45) is 0 Å². The largest absolute Gasteiger partial charge is 0.478 e.